The van der Waals surface area contributed by atoms with Gasteiger partial charge >= 0.3 is 20.1 Å². The van der Waals surface area contributed by atoms with Gasteiger partial charge in [0, 0.05) is 34.1 Å². The van der Waals surface area contributed by atoms with Crippen LogP contribution < -0.4 is 10.1 Å². The van der Waals surface area contributed by atoms with Crippen molar-refractivity contribution in [2.24, 2.45) is 5.41 Å². The maximum atomic E-state index is 14.5. The molecule has 0 bridgehead atoms. The fraction of sp³-hybridized carbons (Fsp3) is 0.292. The number of hydrogen-bond acceptors (Lipinski definition) is 5. The Morgan fingerprint density at radius 3 is 2.35 bits per heavy atom. The van der Waals surface area contributed by atoms with Gasteiger partial charge in [0.25, 0.3) is 0 Å². The normalized spacial score (nSPS) is 15.2. The van der Waals surface area contributed by atoms with Crippen LogP contribution in [0.4, 0.5) is 15.8 Å². The first kappa shape index (κ1) is 38.3. The van der Waals surface area contributed by atoms with E-state index >= 15 is 0 Å². The molecule has 1 unspecified atom stereocenters. The summed E-state index contributed by atoms with van der Waals surface area (Å²) in [6, 6.07) is 38.1. The minimum Gasteiger partial charge on any atom is -0.661 e. The van der Waals surface area contributed by atoms with E-state index in [0.29, 0.717) is 11.3 Å². The Bertz CT molecular complexity index is 2630. The summed E-state index contributed by atoms with van der Waals surface area (Å²) in [6.07, 6.45) is 2.58. The molecule has 4 aromatic carbocycles. The van der Waals surface area contributed by atoms with Crippen LogP contribution in [0.3, 0.4) is 0 Å². The summed E-state index contributed by atoms with van der Waals surface area (Å²) in [4.78, 5) is 12.8. The standard InChI is InChI=1S/C30H27N3S.C18H23FNOSi.Ir/c1-30(2,3)18-22-14-15-23-24-17-21(13-16-27(24)34-29(23)31-22)28-32-25-11-7-8-12-26(25)33(28)19-20-9-5-4-6-10-20;1-12-7-8-13(15(19)9-12)16-10-14(18(2,3)21)17(11-20-16)22(4,5)6;/h4-12,14-17,28H,18-19H2,1-3H3;7,9-11,21H,1-6H3;/q-2;-1;+3/i;1D3;. The van der Waals surface area contributed by atoms with Crippen LogP contribution in [0.2, 0.25) is 19.6 Å². The molecule has 9 heteroatoms. The van der Waals surface area contributed by atoms with Crippen LogP contribution in [0.1, 0.15) is 72.8 Å². The number of pyridine rings is 2. The molecule has 0 saturated carbocycles. The molecule has 1 N–H and O–H groups in total. The summed E-state index contributed by atoms with van der Waals surface area (Å²) in [5.74, 6) is -0.691. The van der Waals surface area contributed by atoms with E-state index in [4.69, 9.17) is 14.4 Å². The Balaban J connectivity index is 0.000000208. The maximum Gasteiger partial charge on any atom is 3.00 e. The quantitative estimate of drug-likeness (QED) is 0.128. The molecule has 57 heavy (non-hydrogen) atoms. The van der Waals surface area contributed by atoms with Crippen molar-refractivity contribution in [3.8, 4) is 11.3 Å². The van der Waals surface area contributed by atoms with Crippen LogP contribution in [0.5, 0.6) is 0 Å². The van der Waals surface area contributed by atoms with Gasteiger partial charge in [0.15, 0.2) is 0 Å². The van der Waals surface area contributed by atoms with Crippen molar-refractivity contribution in [3.63, 3.8) is 0 Å². The molecule has 1 aliphatic rings. The van der Waals surface area contributed by atoms with Crippen molar-refractivity contribution in [2.75, 3.05) is 4.90 Å². The zero-order valence-electron chi connectivity index (χ0n) is 36.7. The second-order valence-electron chi connectivity index (χ2n) is 17.3. The zero-order valence-corrected chi connectivity index (χ0v) is 37.9. The van der Waals surface area contributed by atoms with E-state index in [1.54, 1.807) is 37.4 Å². The predicted octanol–water partition coefficient (Wildman–Crippen LogP) is 12.3. The fourth-order valence-electron chi connectivity index (χ4n) is 7.15. The summed E-state index contributed by atoms with van der Waals surface area (Å²) < 4.78 is 37.8. The minimum atomic E-state index is -2.39. The Labute approximate surface area is 360 Å². The number of anilines is 1. The number of fused-ring (bicyclic) bond motifs is 4. The van der Waals surface area contributed by atoms with Gasteiger partial charge in [0.05, 0.1) is 13.7 Å². The van der Waals surface area contributed by atoms with Gasteiger partial charge in [-0.15, -0.1) is 34.8 Å². The van der Waals surface area contributed by atoms with Gasteiger partial charge in [0.2, 0.25) is 0 Å². The fourth-order valence-corrected chi connectivity index (χ4v) is 9.84. The Hall–Kier alpha value is -4.24. The first-order valence-corrected chi connectivity index (χ1v) is 23.3. The monoisotopic (exact) mass is 973 g/mol. The van der Waals surface area contributed by atoms with Gasteiger partial charge in [-0.2, -0.15) is 35.1 Å². The summed E-state index contributed by atoms with van der Waals surface area (Å²) in [6.45, 7) is 15.0. The zero-order chi connectivity index (χ0) is 42.5. The molecule has 294 valence electrons. The number of aromatic nitrogens is 2. The van der Waals surface area contributed by atoms with Crippen LogP contribution in [-0.2, 0) is 38.7 Å². The minimum absolute atomic E-state index is 0. The van der Waals surface area contributed by atoms with Crippen molar-refractivity contribution in [2.45, 2.75) is 85.8 Å². The Morgan fingerprint density at radius 2 is 1.67 bits per heavy atom. The SMILES string of the molecule is CC(C)(C)Cc1ccc2c(n1)sc1c[c-]c(C3[N-]c4ccccc4N3Cc3ccccc3)cc12.[2H]C([2H])([2H])c1c[c-]c(-c2cc(C(C)(C)O)c([Si](C)(C)C)cn2)c(F)c1.[Ir+3]. The van der Waals surface area contributed by atoms with Crippen LogP contribution in [-0.4, -0.2) is 23.1 Å². The van der Waals surface area contributed by atoms with E-state index in [-0.39, 0.29) is 42.8 Å². The molecule has 8 rings (SSSR count). The van der Waals surface area contributed by atoms with Crippen LogP contribution in [0.25, 0.3) is 36.9 Å². The van der Waals surface area contributed by atoms with E-state index in [2.05, 4.69) is 141 Å². The number of thiophene rings is 1. The van der Waals surface area contributed by atoms with Gasteiger partial charge in [-0.05, 0) is 71.4 Å². The first-order valence-electron chi connectivity index (χ1n) is 20.5. The molecule has 0 fully saturated rings. The Kier molecular flexibility index (Phi) is 11.1. The van der Waals surface area contributed by atoms with E-state index in [0.717, 1.165) is 46.0 Å². The molecular weight excluding hydrogens is 920 g/mol. The predicted molar refractivity (Wildman–Crippen MR) is 235 cm³/mol. The number of rotatable bonds is 7. The number of nitrogens with zero attached hydrogens (tertiary/aromatic N) is 4. The van der Waals surface area contributed by atoms with Crippen molar-refractivity contribution in [1.82, 2.24) is 9.97 Å². The molecule has 7 aromatic rings. The third-order valence-electron chi connectivity index (χ3n) is 9.80. The maximum absolute atomic E-state index is 14.5. The molecule has 0 aliphatic carbocycles. The van der Waals surface area contributed by atoms with Gasteiger partial charge in [-0.25, -0.2) is 4.98 Å². The summed E-state index contributed by atoms with van der Waals surface area (Å²) >= 11 is 1.76. The van der Waals surface area contributed by atoms with Crippen molar-refractivity contribution in [1.29, 1.82) is 0 Å². The van der Waals surface area contributed by atoms with E-state index < -0.39 is 26.3 Å². The van der Waals surface area contributed by atoms with Gasteiger partial charge < -0.3 is 20.3 Å². The molecule has 3 aromatic heterocycles. The topological polar surface area (TPSA) is 63.4 Å². The number of benzene rings is 4. The van der Waals surface area contributed by atoms with Crippen molar-refractivity contribution in [3.05, 3.63) is 154 Å². The number of aliphatic hydroxyl groups is 1. The van der Waals surface area contributed by atoms with E-state index in [1.807, 2.05) is 0 Å². The molecular formula is C48H50FIrN4OSSi. The van der Waals surface area contributed by atoms with E-state index in [9.17, 15) is 9.50 Å². The summed E-state index contributed by atoms with van der Waals surface area (Å²) in [7, 11) is -1.76. The van der Waals surface area contributed by atoms with Gasteiger partial charge in [-0.1, -0.05) is 118 Å². The molecule has 5 nitrogen and oxygen atoms in total. The van der Waals surface area contributed by atoms with Gasteiger partial charge in [0.1, 0.15) is 4.83 Å². The largest absolute Gasteiger partial charge is 3.00 e. The molecule has 0 amide bonds. The summed E-state index contributed by atoms with van der Waals surface area (Å²) in [5, 5.41) is 19.1. The molecule has 4 heterocycles. The number of para-hydroxylation sites is 2. The average Bonchev–Trinajstić information content (AvgIpc) is 3.71. The summed E-state index contributed by atoms with van der Waals surface area (Å²) in [5.41, 5.74) is 5.91. The van der Waals surface area contributed by atoms with Crippen molar-refractivity contribution >= 4 is 56.3 Å². The Morgan fingerprint density at radius 1 is 0.930 bits per heavy atom. The molecule has 1 atom stereocenters. The molecule has 0 spiro atoms. The van der Waals surface area contributed by atoms with Crippen LogP contribution >= 0.6 is 11.3 Å². The van der Waals surface area contributed by atoms with Crippen LogP contribution in [0.15, 0.2) is 103 Å². The molecule has 0 saturated heterocycles. The smallest absolute Gasteiger partial charge is 0.661 e. The van der Waals surface area contributed by atoms with Crippen molar-refractivity contribution < 1.29 is 33.7 Å². The molecule has 0 radical (unpaired) electrons. The second-order valence-corrected chi connectivity index (χ2v) is 23.4. The molecule has 1 aliphatic heterocycles. The number of aryl methyl sites for hydroxylation is 1. The number of halogens is 1. The van der Waals surface area contributed by atoms with E-state index in [1.165, 1.54) is 32.8 Å². The third kappa shape index (κ3) is 9.56. The number of hydrogen-bond donors (Lipinski definition) is 1. The second kappa shape index (κ2) is 16.6. The average molecular weight is 973 g/mol. The third-order valence-corrected chi connectivity index (χ3v) is 12.9. The van der Waals surface area contributed by atoms with Crippen LogP contribution in [0, 0.1) is 30.2 Å². The first-order chi connectivity index (χ1) is 27.7. The van der Waals surface area contributed by atoms with Gasteiger partial charge in [-0.3, -0.25) is 4.39 Å².